The van der Waals surface area contributed by atoms with E-state index < -0.39 is 0 Å². The highest BCUT2D eigenvalue weighted by Gasteiger charge is 2.43. The lowest BCUT2D eigenvalue weighted by Crippen LogP contribution is -2.55. The molecule has 19 heavy (non-hydrogen) atoms. The predicted octanol–water partition coefficient (Wildman–Crippen LogP) is 2.78. The average Bonchev–Trinajstić information content (AvgIpc) is 2.42. The second-order valence-corrected chi connectivity index (χ2v) is 5.35. The number of nitrogens with one attached hydrogen (secondary N) is 1. The molecule has 1 unspecified atom stereocenters. The fraction of sp³-hybridized carbons (Fsp3) is 0.625. The number of hydrogen-bond donors (Lipinski definition) is 1. The summed E-state index contributed by atoms with van der Waals surface area (Å²) in [4.78, 5) is 0. The van der Waals surface area contributed by atoms with Gasteiger partial charge in [0.25, 0.3) is 0 Å². The van der Waals surface area contributed by atoms with Gasteiger partial charge in [0, 0.05) is 13.2 Å². The third kappa shape index (κ3) is 3.10. The molecule has 106 valence electrons. The zero-order valence-electron chi connectivity index (χ0n) is 12.2. The maximum atomic E-state index is 5.77. The molecule has 1 atom stereocenters. The van der Waals surface area contributed by atoms with Gasteiger partial charge >= 0.3 is 0 Å². The number of hydrogen-bond acceptors (Lipinski definition) is 3. The van der Waals surface area contributed by atoms with Crippen LogP contribution in [0.5, 0.6) is 5.75 Å². The topological polar surface area (TPSA) is 30.5 Å². The SMILES string of the molecule is CNC(CCc1ccc(OC)cc1)C1(OC)CCC1. The van der Waals surface area contributed by atoms with Crippen molar-refractivity contribution in [2.45, 2.75) is 43.7 Å². The van der Waals surface area contributed by atoms with Gasteiger partial charge in [0.1, 0.15) is 5.75 Å². The molecule has 3 nitrogen and oxygen atoms in total. The van der Waals surface area contributed by atoms with Gasteiger partial charge in [-0.25, -0.2) is 0 Å². The van der Waals surface area contributed by atoms with Crippen molar-refractivity contribution in [1.82, 2.24) is 5.32 Å². The number of rotatable bonds is 7. The fourth-order valence-corrected chi connectivity index (χ4v) is 2.99. The van der Waals surface area contributed by atoms with Crippen molar-refractivity contribution in [2.24, 2.45) is 0 Å². The summed E-state index contributed by atoms with van der Waals surface area (Å²) < 4.78 is 11.0. The molecule has 1 N–H and O–H groups in total. The molecular formula is C16H25NO2. The van der Waals surface area contributed by atoms with Crippen LogP contribution in [0.2, 0.25) is 0 Å². The molecule has 0 heterocycles. The molecule has 2 rings (SSSR count). The average molecular weight is 263 g/mol. The fourth-order valence-electron chi connectivity index (χ4n) is 2.99. The highest BCUT2D eigenvalue weighted by atomic mass is 16.5. The van der Waals surface area contributed by atoms with Crippen molar-refractivity contribution >= 4 is 0 Å². The molecule has 3 heteroatoms. The van der Waals surface area contributed by atoms with Crippen molar-refractivity contribution in [3.05, 3.63) is 29.8 Å². The monoisotopic (exact) mass is 263 g/mol. The largest absolute Gasteiger partial charge is 0.497 e. The lowest BCUT2D eigenvalue weighted by molar-refractivity contribution is -0.0983. The standard InChI is InChI=1S/C16H25NO2/c1-17-15(16(19-3)11-4-12-16)10-7-13-5-8-14(18-2)9-6-13/h5-6,8-9,15,17H,4,7,10-12H2,1-3H3. The molecule has 1 aromatic rings. The molecule has 0 saturated heterocycles. The van der Waals surface area contributed by atoms with Crippen LogP contribution in [0.15, 0.2) is 24.3 Å². The Balaban J connectivity index is 1.92. The van der Waals surface area contributed by atoms with E-state index in [1.165, 1.54) is 24.8 Å². The van der Waals surface area contributed by atoms with Crippen LogP contribution < -0.4 is 10.1 Å². The molecule has 1 saturated carbocycles. The first kappa shape index (κ1) is 14.4. The van der Waals surface area contributed by atoms with E-state index in [9.17, 15) is 0 Å². The number of likely N-dealkylation sites (N-methyl/N-ethyl adjacent to an activating group) is 1. The molecule has 0 radical (unpaired) electrons. The summed E-state index contributed by atoms with van der Waals surface area (Å²) in [7, 11) is 5.58. The predicted molar refractivity (Wildman–Crippen MR) is 77.8 cm³/mol. The minimum absolute atomic E-state index is 0.0707. The van der Waals surface area contributed by atoms with Gasteiger partial charge in [-0.1, -0.05) is 12.1 Å². The number of benzene rings is 1. The van der Waals surface area contributed by atoms with Gasteiger partial charge in [-0.2, -0.15) is 0 Å². The van der Waals surface area contributed by atoms with Crippen LogP contribution in [0.3, 0.4) is 0 Å². The Bertz CT molecular complexity index is 379. The lowest BCUT2D eigenvalue weighted by atomic mass is 9.73. The van der Waals surface area contributed by atoms with Crippen molar-refractivity contribution in [2.75, 3.05) is 21.3 Å². The van der Waals surface area contributed by atoms with Gasteiger partial charge in [-0.05, 0) is 56.8 Å². The van der Waals surface area contributed by atoms with Crippen LogP contribution in [0.4, 0.5) is 0 Å². The van der Waals surface area contributed by atoms with E-state index in [-0.39, 0.29) is 5.60 Å². The van der Waals surface area contributed by atoms with Crippen molar-refractivity contribution in [3.8, 4) is 5.75 Å². The maximum absolute atomic E-state index is 5.77. The second-order valence-electron chi connectivity index (χ2n) is 5.35. The first-order chi connectivity index (χ1) is 9.24. The molecule has 0 aliphatic heterocycles. The lowest BCUT2D eigenvalue weighted by Gasteiger charge is -2.46. The molecule has 1 aliphatic rings. The summed E-state index contributed by atoms with van der Waals surface area (Å²) in [5.74, 6) is 0.918. The molecule has 1 fully saturated rings. The maximum Gasteiger partial charge on any atom is 0.118 e. The highest BCUT2D eigenvalue weighted by molar-refractivity contribution is 5.27. The smallest absolute Gasteiger partial charge is 0.118 e. The van der Waals surface area contributed by atoms with E-state index in [1.807, 2.05) is 26.3 Å². The van der Waals surface area contributed by atoms with Gasteiger partial charge in [0.2, 0.25) is 0 Å². The summed E-state index contributed by atoms with van der Waals surface area (Å²) in [6.07, 6.45) is 5.82. The van der Waals surface area contributed by atoms with Crippen molar-refractivity contribution in [3.63, 3.8) is 0 Å². The van der Waals surface area contributed by atoms with Crippen molar-refractivity contribution < 1.29 is 9.47 Å². The molecule has 0 aromatic heterocycles. The van der Waals surface area contributed by atoms with Gasteiger partial charge in [0.15, 0.2) is 0 Å². The Morgan fingerprint density at radius 3 is 2.32 bits per heavy atom. The summed E-state index contributed by atoms with van der Waals surface area (Å²) in [6.45, 7) is 0. The van der Waals surface area contributed by atoms with Crippen LogP contribution in [-0.2, 0) is 11.2 Å². The van der Waals surface area contributed by atoms with E-state index in [2.05, 4.69) is 17.4 Å². The van der Waals surface area contributed by atoms with E-state index >= 15 is 0 Å². The summed E-state index contributed by atoms with van der Waals surface area (Å²) >= 11 is 0. The molecule has 1 aromatic carbocycles. The van der Waals surface area contributed by atoms with Crippen LogP contribution >= 0.6 is 0 Å². The van der Waals surface area contributed by atoms with Crippen LogP contribution in [0.25, 0.3) is 0 Å². The zero-order valence-corrected chi connectivity index (χ0v) is 12.2. The third-order valence-electron chi connectivity index (χ3n) is 4.47. The zero-order chi connectivity index (χ0) is 13.7. The van der Waals surface area contributed by atoms with Crippen molar-refractivity contribution in [1.29, 1.82) is 0 Å². The van der Waals surface area contributed by atoms with E-state index in [0.29, 0.717) is 6.04 Å². The number of ether oxygens (including phenoxy) is 2. The second kappa shape index (κ2) is 6.40. The van der Waals surface area contributed by atoms with Crippen LogP contribution in [0, 0.1) is 0 Å². The molecule has 0 spiro atoms. The van der Waals surface area contributed by atoms with E-state index in [4.69, 9.17) is 9.47 Å². The number of methoxy groups -OCH3 is 2. The van der Waals surface area contributed by atoms with Gasteiger partial charge in [-0.3, -0.25) is 0 Å². The van der Waals surface area contributed by atoms with Crippen LogP contribution in [0.1, 0.15) is 31.2 Å². The minimum Gasteiger partial charge on any atom is -0.497 e. The van der Waals surface area contributed by atoms with Gasteiger partial charge in [0.05, 0.1) is 12.7 Å². The Hall–Kier alpha value is -1.06. The highest BCUT2D eigenvalue weighted by Crippen LogP contribution is 2.39. The summed E-state index contributed by atoms with van der Waals surface area (Å²) in [5, 5.41) is 3.44. The summed E-state index contributed by atoms with van der Waals surface area (Å²) in [5.41, 5.74) is 1.42. The Morgan fingerprint density at radius 1 is 1.21 bits per heavy atom. The minimum atomic E-state index is 0.0707. The van der Waals surface area contributed by atoms with Gasteiger partial charge < -0.3 is 14.8 Å². The quantitative estimate of drug-likeness (QED) is 0.820. The van der Waals surface area contributed by atoms with Gasteiger partial charge in [-0.15, -0.1) is 0 Å². The first-order valence-corrected chi connectivity index (χ1v) is 7.09. The van der Waals surface area contributed by atoms with E-state index in [1.54, 1.807) is 7.11 Å². The molecule has 1 aliphatic carbocycles. The Morgan fingerprint density at radius 2 is 1.89 bits per heavy atom. The molecular weight excluding hydrogens is 238 g/mol. The summed E-state index contributed by atoms with van der Waals surface area (Å²) in [6, 6.07) is 8.78. The number of aryl methyl sites for hydroxylation is 1. The first-order valence-electron chi connectivity index (χ1n) is 7.09. The molecule has 0 amide bonds. The Labute approximate surface area is 116 Å². The molecule has 0 bridgehead atoms. The van der Waals surface area contributed by atoms with Crippen LogP contribution in [-0.4, -0.2) is 32.9 Å². The third-order valence-corrected chi connectivity index (χ3v) is 4.47. The Kier molecular flexibility index (Phi) is 4.83. The van der Waals surface area contributed by atoms with E-state index in [0.717, 1.165) is 18.6 Å². The normalized spacial score (nSPS) is 18.7.